The standard InChI is InChI=1S/C8H16N2O3/c1-3-9-7(11)10-6-8(2)12-4-5-13-8/h3-6H2,1-2H3,(H2,9,10,11). The van der Waals surface area contributed by atoms with Crippen LogP contribution in [0.25, 0.3) is 0 Å². The predicted molar refractivity (Wildman–Crippen MR) is 47.4 cm³/mol. The highest BCUT2D eigenvalue weighted by molar-refractivity contribution is 5.73. The van der Waals surface area contributed by atoms with E-state index in [0.29, 0.717) is 26.3 Å². The molecule has 0 radical (unpaired) electrons. The first-order chi connectivity index (χ1) is 6.16. The number of carbonyl (C=O) groups is 1. The van der Waals surface area contributed by atoms with E-state index < -0.39 is 5.79 Å². The normalized spacial score (nSPS) is 19.8. The highest BCUT2D eigenvalue weighted by atomic mass is 16.7. The zero-order chi connectivity index (χ0) is 9.73. The first-order valence-corrected chi connectivity index (χ1v) is 4.46. The fourth-order valence-electron chi connectivity index (χ4n) is 1.12. The Morgan fingerprint density at radius 2 is 2.00 bits per heavy atom. The number of urea groups is 1. The Hall–Kier alpha value is -0.810. The molecule has 1 heterocycles. The average Bonchev–Trinajstić information content (AvgIpc) is 2.51. The molecule has 1 aliphatic heterocycles. The molecule has 1 aliphatic rings. The molecule has 13 heavy (non-hydrogen) atoms. The molecule has 2 amide bonds. The highest BCUT2D eigenvalue weighted by Crippen LogP contribution is 2.16. The summed E-state index contributed by atoms with van der Waals surface area (Å²) in [5.41, 5.74) is 0. The minimum Gasteiger partial charge on any atom is -0.346 e. The fraction of sp³-hybridized carbons (Fsp3) is 0.875. The van der Waals surface area contributed by atoms with Crippen LogP contribution in [-0.4, -0.2) is 38.1 Å². The van der Waals surface area contributed by atoms with Crippen molar-refractivity contribution >= 4 is 6.03 Å². The Morgan fingerprint density at radius 3 is 2.54 bits per heavy atom. The quantitative estimate of drug-likeness (QED) is 0.659. The van der Waals surface area contributed by atoms with Crippen molar-refractivity contribution in [2.24, 2.45) is 0 Å². The van der Waals surface area contributed by atoms with E-state index >= 15 is 0 Å². The Bertz CT molecular complexity index is 178. The Labute approximate surface area is 77.8 Å². The molecule has 76 valence electrons. The van der Waals surface area contributed by atoms with Gasteiger partial charge in [-0.25, -0.2) is 4.79 Å². The third-order valence-electron chi connectivity index (χ3n) is 1.81. The summed E-state index contributed by atoms with van der Waals surface area (Å²) < 4.78 is 10.6. The second-order valence-corrected chi connectivity index (χ2v) is 3.04. The lowest BCUT2D eigenvalue weighted by atomic mass is 10.3. The van der Waals surface area contributed by atoms with E-state index in [1.165, 1.54) is 0 Å². The van der Waals surface area contributed by atoms with E-state index in [2.05, 4.69) is 10.6 Å². The summed E-state index contributed by atoms with van der Waals surface area (Å²) in [7, 11) is 0. The van der Waals surface area contributed by atoms with Crippen LogP contribution < -0.4 is 10.6 Å². The third-order valence-corrected chi connectivity index (χ3v) is 1.81. The topological polar surface area (TPSA) is 59.6 Å². The molecule has 0 aromatic rings. The molecule has 0 saturated carbocycles. The lowest BCUT2D eigenvalue weighted by molar-refractivity contribution is -0.136. The van der Waals surface area contributed by atoms with Gasteiger partial charge in [-0.15, -0.1) is 0 Å². The number of rotatable bonds is 3. The van der Waals surface area contributed by atoms with Crippen LogP contribution in [-0.2, 0) is 9.47 Å². The molecule has 0 spiro atoms. The molecular weight excluding hydrogens is 172 g/mol. The average molecular weight is 188 g/mol. The number of amides is 2. The van der Waals surface area contributed by atoms with Crippen molar-refractivity contribution in [2.45, 2.75) is 19.6 Å². The fourth-order valence-corrected chi connectivity index (χ4v) is 1.12. The van der Waals surface area contributed by atoms with E-state index in [-0.39, 0.29) is 6.03 Å². The Balaban J connectivity index is 2.21. The van der Waals surface area contributed by atoms with Gasteiger partial charge in [0.2, 0.25) is 0 Å². The van der Waals surface area contributed by atoms with Crippen LogP contribution in [0.1, 0.15) is 13.8 Å². The summed E-state index contributed by atoms with van der Waals surface area (Å²) in [5.74, 6) is -0.648. The predicted octanol–water partition coefficient (Wildman–Crippen LogP) is 0.0685. The van der Waals surface area contributed by atoms with Gasteiger partial charge in [0.05, 0.1) is 19.8 Å². The van der Waals surface area contributed by atoms with Crippen LogP contribution in [0.15, 0.2) is 0 Å². The van der Waals surface area contributed by atoms with Gasteiger partial charge in [0, 0.05) is 6.54 Å². The van der Waals surface area contributed by atoms with Crippen molar-refractivity contribution in [3.8, 4) is 0 Å². The van der Waals surface area contributed by atoms with Gasteiger partial charge in [0.15, 0.2) is 5.79 Å². The number of nitrogens with one attached hydrogen (secondary N) is 2. The molecule has 0 bridgehead atoms. The van der Waals surface area contributed by atoms with Crippen LogP contribution in [0.3, 0.4) is 0 Å². The smallest absolute Gasteiger partial charge is 0.314 e. The lowest BCUT2D eigenvalue weighted by Gasteiger charge is -2.22. The van der Waals surface area contributed by atoms with E-state index in [4.69, 9.17) is 9.47 Å². The first-order valence-electron chi connectivity index (χ1n) is 4.46. The van der Waals surface area contributed by atoms with Gasteiger partial charge in [0.25, 0.3) is 0 Å². The summed E-state index contributed by atoms with van der Waals surface area (Å²) in [4.78, 5) is 11.0. The number of hydrogen-bond acceptors (Lipinski definition) is 3. The maximum absolute atomic E-state index is 11.0. The summed E-state index contributed by atoms with van der Waals surface area (Å²) in [6.07, 6.45) is 0. The highest BCUT2D eigenvalue weighted by Gasteiger charge is 2.31. The van der Waals surface area contributed by atoms with E-state index in [1.807, 2.05) is 13.8 Å². The summed E-state index contributed by atoms with van der Waals surface area (Å²) in [6, 6.07) is -0.192. The summed E-state index contributed by atoms with van der Waals surface area (Å²) in [5, 5.41) is 5.29. The molecule has 0 atom stereocenters. The van der Waals surface area contributed by atoms with Crippen molar-refractivity contribution in [2.75, 3.05) is 26.3 Å². The van der Waals surface area contributed by atoms with Gasteiger partial charge < -0.3 is 20.1 Å². The van der Waals surface area contributed by atoms with Crippen molar-refractivity contribution in [3.05, 3.63) is 0 Å². The molecule has 0 aromatic carbocycles. The van der Waals surface area contributed by atoms with Gasteiger partial charge in [-0.05, 0) is 13.8 Å². The van der Waals surface area contributed by atoms with Gasteiger partial charge in [0.1, 0.15) is 0 Å². The zero-order valence-electron chi connectivity index (χ0n) is 8.05. The monoisotopic (exact) mass is 188 g/mol. The molecule has 2 N–H and O–H groups in total. The van der Waals surface area contributed by atoms with Crippen molar-refractivity contribution in [3.63, 3.8) is 0 Å². The minimum absolute atomic E-state index is 0.192. The Morgan fingerprint density at radius 1 is 1.38 bits per heavy atom. The largest absolute Gasteiger partial charge is 0.346 e. The molecular formula is C8H16N2O3. The molecule has 1 saturated heterocycles. The molecule has 0 aromatic heterocycles. The SMILES string of the molecule is CCNC(=O)NCC1(C)OCCO1. The van der Waals surface area contributed by atoms with Crippen LogP contribution in [0.2, 0.25) is 0 Å². The molecule has 5 heteroatoms. The van der Waals surface area contributed by atoms with E-state index in [1.54, 1.807) is 0 Å². The van der Waals surface area contributed by atoms with Crippen LogP contribution >= 0.6 is 0 Å². The van der Waals surface area contributed by atoms with Gasteiger partial charge in [-0.3, -0.25) is 0 Å². The van der Waals surface area contributed by atoms with Crippen molar-refractivity contribution < 1.29 is 14.3 Å². The van der Waals surface area contributed by atoms with Crippen molar-refractivity contribution in [1.29, 1.82) is 0 Å². The number of hydrogen-bond donors (Lipinski definition) is 2. The summed E-state index contributed by atoms with van der Waals surface area (Å²) in [6.45, 7) is 5.85. The van der Waals surface area contributed by atoms with Gasteiger partial charge >= 0.3 is 6.03 Å². The molecule has 0 aliphatic carbocycles. The Kier molecular flexibility index (Phi) is 3.50. The van der Waals surface area contributed by atoms with Gasteiger partial charge in [-0.1, -0.05) is 0 Å². The van der Waals surface area contributed by atoms with E-state index in [0.717, 1.165) is 0 Å². The van der Waals surface area contributed by atoms with E-state index in [9.17, 15) is 4.79 Å². The zero-order valence-corrected chi connectivity index (χ0v) is 8.05. The molecule has 1 rings (SSSR count). The maximum atomic E-state index is 11.0. The number of ether oxygens (including phenoxy) is 2. The molecule has 5 nitrogen and oxygen atoms in total. The lowest BCUT2D eigenvalue weighted by Crippen LogP contribution is -2.45. The first kappa shape index (κ1) is 10.3. The number of carbonyl (C=O) groups excluding carboxylic acids is 1. The maximum Gasteiger partial charge on any atom is 0.314 e. The molecule has 1 fully saturated rings. The third kappa shape index (κ3) is 3.20. The second-order valence-electron chi connectivity index (χ2n) is 3.04. The second kappa shape index (κ2) is 4.43. The molecule has 0 unspecified atom stereocenters. The van der Waals surface area contributed by atoms with Gasteiger partial charge in [-0.2, -0.15) is 0 Å². The minimum atomic E-state index is -0.648. The van der Waals surface area contributed by atoms with Crippen LogP contribution in [0.4, 0.5) is 4.79 Å². The van der Waals surface area contributed by atoms with Crippen molar-refractivity contribution in [1.82, 2.24) is 10.6 Å². The van der Waals surface area contributed by atoms with Crippen LogP contribution in [0, 0.1) is 0 Å². The van der Waals surface area contributed by atoms with Crippen LogP contribution in [0.5, 0.6) is 0 Å². The summed E-state index contributed by atoms with van der Waals surface area (Å²) >= 11 is 0.